The van der Waals surface area contributed by atoms with Crippen molar-refractivity contribution in [2.75, 3.05) is 0 Å². The molecule has 1 unspecified atom stereocenters. The molecule has 0 saturated heterocycles. The maximum Gasteiger partial charge on any atom is 0.126 e. The topological polar surface area (TPSA) is 26.0 Å². The van der Waals surface area contributed by atoms with Crippen molar-refractivity contribution >= 4 is 0 Å². The molecule has 0 radical (unpaired) electrons. The van der Waals surface area contributed by atoms with E-state index < -0.39 is 0 Å². The zero-order chi connectivity index (χ0) is 12.5. The standard InChI is InChI=1S/C15H22FN/c1-3-15(8-4-5-9-15)14(17)12-6-7-13(16)11(2)10-12/h6-7,10,14H,3-5,8-9,17H2,1-2H3. The van der Waals surface area contributed by atoms with E-state index >= 15 is 0 Å². The van der Waals surface area contributed by atoms with Gasteiger partial charge >= 0.3 is 0 Å². The summed E-state index contributed by atoms with van der Waals surface area (Å²) in [6, 6.07) is 5.36. The minimum absolute atomic E-state index is 0.0503. The van der Waals surface area contributed by atoms with E-state index in [0.29, 0.717) is 5.56 Å². The molecule has 94 valence electrons. The predicted octanol–water partition coefficient (Wildman–Crippen LogP) is 4.10. The fourth-order valence-electron chi connectivity index (χ4n) is 3.18. The summed E-state index contributed by atoms with van der Waals surface area (Å²) in [5.41, 5.74) is 8.47. The Morgan fingerprint density at radius 2 is 2.00 bits per heavy atom. The second-order valence-corrected chi connectivity index (χ2v) is 5.41. The van der Waals surface area contributed by atoms with Crippen molar-refractivity contribution in [1.82, 2.24) is 0 Å². The fourth-order valence-corrected chi connectivity index (χ4v) is 3.18. The highest BCUT2D eigenvalue weighted by molar-refractivity contribution is 5.28. The van der Waals surface area contributed by atoms with Crippen LogP contribution in [0.4, 0.5) is 4.39 Å². The molecule has 17 heavy (non-hydrogen) atoms. The van der Waals surface area contributed by atoms with Crippen LogP contribution in [-0.4, -0.2) is 0 Å². The predicted molar refractivity (Wildman–Crippen MR) is 69.3 cm³/mol. The van der Waals surface area contributed by atoms with E-state index in [9.17, 15) is 4.39 Å². The SMILES string of the molecule is CCC1(C(N)c2ccc(F)c(C)c2)CCCC1. The third-order valence-corrected chi connectivity index (χ3v) is 4.50. The molecule has 0 heterocycles. The highest BCUT2D eigenvalue weighted by Gasteiger charge is 2.38. The summed E-state index contributed by atoms with van der Waals surface area (Å²) in [6.45, 7) is 4.03. The first kappa shape index (κ1) is 12.6. The quantitative estimate of drug-likeness (QED) is 0.838. The molecule has 0 aliphatic heterocycles. The lowest BCUT2D eigenvalue weighted by Crippen LogP contribution is -2.31. The monoisotopic (exact) mass is 235 g/mol. The molecule has 1 fully saturated rings. The van der Waals surface area contributed by atoms with Crippen LogP contribution in [0.15, 0.2) is 18.2 Å². The van der Waals surface area contributed by atoms with Crippen molar-refractivity contribution in [2.45, 2.75) is 52.0 Å². The highest BCUT2D eigenvalue weighted by Crippen LogP contribution is 2.48. The lowest BCUT2D eigenvalue weighted by atomic mass is 9.74. The maximum atomic E-state index is 13.3. The van der Waals surface area contributed by atoms with Crippen molar-refractivity contribution < 1.29 is 4.39 Å². The Bertz CT molecular complexity index is 394. The molecule has 0 amide bonds. The summed E-state index contributed by atoms with van der Waals surface area (Å²) in [5.74, 6) is -0.141. The lowest BCUT2D eigenvalue weighted by molar-refractivity contribution is 0.222. The molecule has 1 aromatic rings. The second-order valence-electron chi connectivity index (χ2n) is 5.41. The smallest absolute Gasteiger partial charge is 0.126 e. The van der Waals surface area contributed by atoms with Crippen LogP contribution in [0.2, 0.25) is 0 Å². The molecule has 0 aromatic heterocycles. The van der Waals surface area contributed by atoms with E-state index in [0.717, 1.165) is 12.0 Å². The van der Waals surface area contributed by atoms with Crippen molar-refractivity contribution in [3.05, 3.63) is 35.1 Å². The van der Waals surface area contributed by atoms with E-state index in [1.54, 1.807) is 13.0 Å². The van der Waals surface area contributed by atoms with Gasteiger partial charge in [-0.2, -0.15) is 0 Å². The average Bonchev–Trinajstić information content (AvgIpc) is 2.81. The molecule has 1 saturated carbocycles. The Kier molecular flexibility index (Phi) is 3.53. The lowest BCUT2D eigenvalue weighted by Gasteiger charge is -2.34. The molecule has 1 nitrogen and oxygen atoms in total. The van der Waals surface area contributed by atoms with Gasteiger partial charge in [0.1, 0.15) is 5.82 Å². The van der Waals surface area contributed by atoms with Gasteiger partial charge in [0, 0.05) is 6.04 Å². The van der Waals surface area contributed by atoms with Crippen LogP contribution in [-0.2, 0) is 0 Å². The van der Waals surface area contributed by atoms with Gasteiger partial charge in [-0.3, -0.25) is 0 Å². The molecule has 2 N–H and O–H groups in total. The van der Waals surface area contributed by atoms with Gasteiger partial charge in [-0.05, 0) is 48.8 Å². The van der Waals surface area contributed by atoms with Gasteiger partial charge in [-0.15, -0.1) is 0 Å². The first-order valence-corrected chi connectivity index (χ1v) is 6.61. The number of rotatable bonds is 3. The fraction of sp³-hybridized carbons (Fsp3) is 0.600. The molecular formula is C15H22FN. The van der Waals surface area contributed by atoms with E-state index in [-0.39, 0.29) is 17.3 Å². The van der Waals surface area contributed by atoms with Crippen LogP contribution in [0.3, 0.4) is 0 Å². The van der Waals surface area contributed by atoms with Gasteiger partial charge < -0.3 is 5.73 Å². The minimum atomic E-state index is -0.141. The van der Waals surface area contributed by atoms with Crippen molar-refractivity contribution in [1.29, 1.82) is 0 Å². The third-order valence-electron chi connectivity index (χ3n) is 4.50. The highest BCUT2D eigenvalue weighted by atomic mass is 19.1. The normalized spacial score (nSPS) is 20.5. The average molecular weight is 235 g/mol. The third kappa shape index (κ3) is 2.23. The van der Waals surface area contributed by atoms with Gasteiger partial charge in [0.15, 0.2) is 0 Å². The minimum Gasteiger partial charge on any atom is -0.323 e. The first-order valence-electron chi connectivity index (χ1n) is 6.61. The molecule has 1 aliphatic rings. The van der Waals surface area contributed by atoms with E-state index in [2.05, 4.69) is 6.92 Å². The van der Waals surface area contributed by atoms with E-state index in [1.807, 2.05) is 12.1 Å². The zero-order valence-corrected chi connectivity index (χ0v) is 10.8. The van der Waals surface area contributed by atoms with Gasteiger partial charge in [0.2, 0.25) is 0 Å². The summed E-state index contributed by atoms with van der Waals surface area (Å²) in [7, 11) is 0. The summed E-state index contributed by atoms with van der Waals surface area (Å²) in [4.78, 5) is 0. The summed E-state index contributed by atoms with van der Waals surface area (Å²) >= 11 is 0. The molecule has 1 atom stereocenters. The maximum absolute atomic E-state index is 13.3. The van der Waals surface area contributed by atoms with Gasteiger partial charge in [0.05, 0.1) is 0 Å². The van der Waals surface area contributed by atoms with Crippen molar-refractivity contribution in [3.63, 3.8) is 0 Å². The molecule has 2 heteroatoms. The number of benzene rings is 1. The van der Waals surface area contributed by atoms with Crippen LogP contribution in [0.1, 0.15) is 56.2 Å². The Labute approximate surface area is 103 Å². The molecular weight excluding hydrogens is 213 g/mol. The van der Waals surface area contributed by atoms with Crippen LogP contribution in [0.25, 0.3) is 0 Å². The molecule has 0 bridgehead atoms. The Hall–Kier alpha value is -0.890. The van der Waals surface area contributed by atoms with E-state index in [4.69, 9.17) is 5.73 Å². The van der Waals surface area contributed by atoms with Gasteiger partial charge in [-0.25, -0.2) is 4.39 Å². The van der Waals surface area contributed by atoms with Crippen LogP contribution >= 0.6 is 0 Å². The van der Waals surface area contributed by atoms with Gasteiger partial charge in [0.25, 0.3) is 0 Å². The number of hydrogen-bond donors (Lipinski definition) is 1. The number of hydrogen-bond acceptors (Lipinski definition) is 1. The molecule has 2 rings (SSSR count). The first-order chi connectivity index (χ1) is 8.09. The Morgan fingerprint density at radius 1 is 1.35 bits per heavy atom. The Balaban J connectivity index is 2.29. The summed E-state index contributed by atoms with van der Waals surface area (Å²) in [6.07, 6.45) is 6.09. The van der Waals surface area contributed by atoms with Crippen molar-refractivity contribution in [2.24, 2.45) is 11.1 Å². The summed E-state index contributed by atoms with van der Waals surface area (Å²) < 4.78 is 13.3. The van der Waals surface area contributed by atoms with Crippen molar-refractivity contribution in [3.8, 4) is 0 Å². The second kappa shape index (κ2) is 4.77. The molecule has 1 aliphatic carbocycles. The number of aryl methyl sites for hydroxylation is 1. The van der Waals surface area contributed by atoms with Crippen LogP contribution in [0.5, 0.6) is 0 Å². The Morgan fingerprint density at radius 3 is 2.53 bits per heavy atom. The summed E-state index contributed by atoms with van der Waals surface area (Å²) in [5, 5.41) is 0. The number of halogens is 1. The zero-order valence-electron chi connectivity index (χ0n) is 10.8. The van der Waals surface area contributed by atoms with Crippen LogP contribution < -0.4 is 5.73 Å². The van der Waals surface area contributed by atoms with Gasteiger partial charge in [-0.1, -0.05) is 31.9 Å². The van der Waals surface area contributed by atoms with Crippen LogP contribution in [0, 0.1) is 18.2 Å². The van der Waals surface area contributed by atoms with E-state index in [1.165, 1.54) is 25.7 Å². The largest absolute Gasteiger partial charge is 0.323 e. The molecule has 0 spiro atoms. The number of nitrogens with two attached hydrogens (primary N) is 1. The molecule has 1 aromatic carbocycles.